The Hall–Kier alpha value is -1.77. The highest BCUT2D eigenvalue weighted by molar-refractivity contribution is 7.47. The monoisotopic (exact) mass is 855 g/mol. The van der Waals surface area contributed by atoms with Crippen molar-refractivity contribution in [3.8, 4) is 0 Å². The smallest absolute Gasteiger partial charge is 0.462 e. The minimum absolute atomic E-state index is 0.0236. The number of allylic oxidation sites excluding steroid dienone is 6. The lowest BCUT2D eigenvalue weighted by Gasteiger charge is -2.24. The van der Waals surface area contributed by atoms with Crippen LogP contribution in [0.2, 0.25) is 0 Å². The van der Waals surface area contributed by atoms with Crippen molar-refractivity contribution in [2.24, 2.45) is 0 Å². The van der Waals surface area contributed by atoms with Gasteiger partial charge < -0.3 is 18.9 Å². The van der Waals surface area contributed by atoms with Crippen LogP contribution in [0.4, 0.5) is 0 Å². The summed E-state index contributed by atoms with van der Waals surface area (Å²) in [6.45, 7) is 4.38. The molecule has 0 aromatic heterocycles. The molecule has 1 N–H and O–H groups in total. The maximum absolute atomic E-state index is 12.7. The van der Waals surface area contributed by atoms with Crippen molar-refractivity contribution in [2.45, 2.75) is 219 Å². The minimum atomic E-state index is -4.39. The number of carbonyl (C=O) groups is 2. The van der Waals surface area contributed by atoms with E-state index in [1.165, 1.54) is 135 Å². The summed E-state index contributed by atoms with van der Waals surface area (Å²) in [5.74, 6) is -0.852. The van der Waals surface area contributed by atoms with Gasteiger partial charge in [0.1, 0.15) is 19.8 Å². The Kier molecular flexibility index (Phi) is 40.3. The van der Waals surface area contributed by atoms with Gasteiger partial charge in [0.15, 0.2) is 6.10 Å². The van der Waals surface area contributed by atoms with Crippen molar-refractivity contribution in [1.82, 2.24) is 0 Å². The molecule has 0 aliphatic rings. The van der Waals surface area contributed by atoms with Crippen LogP contribution in [0.5, 0.6) is 0 Å². The molecule has 0 fully saturated rings. The van der Waals surface area contributed by atoms with Crippen LogP contribution in [0, 0.1) is 0 Å². The molecule has 2 atom stereocenters. The first-order valence-corrected chi connectivity index (χ1v) is 25.7. The zero-order valence-electron chi connectivity index (χ0n) is 39.0. The van der Waals surface area contributed by atoms with Crippen molar-refractivity contribution < 1.29 is 42.1 Å². The standard InChI is InChI=1S/C49H92NO8P/c1-6-8-10-12-14-16-18-20-22-24-26-27-29-31-33-35-37-39-41-48(51)55-45-47(46-57-59(53,54)56-44-43-50(3,4)5)58-49(52)42-40-38-36-34-32-30-28-25-23-21-19-17-15-13-11-9-7-2/h21,23,28,30,34,36,47H,6-20,22,24-27,29,31-33,35,37-46H2,1-5H3/p+1/b23-21+,30-28+,36-34+/t47-/m1/s1. The van der Waals surface area contributed by atoms with E-state index >= 15 is 0 Å². The van der Waals surface area contributed by atoms with E-state index < -0.39 is 26.5 Å². The summed E-state index contributed by atoms with van der Waals surface area (Å²) in [5.41, 5.74) is 0. The maximum atomic E-state index is 12.7. The highest BCUT2D eigenvalue weighted by Gasteiger charge is 2.27. The van der Waals surface area contributed by atoms with Crippen LogP contribution in [-0.4, -0.2) is 74.9 Å². The third-order valence-electron chi connectivity index (χ3n) is 10.4. The lowest BCUT2D eigenvalue weighted by Crippen LogP contribution is -2.37. The van der Waals surface area contributed by atoms with E-state index in [0.717, 1.165) is 44.9 Å². The van der Waals surface area contributed by atoms with E-state index in [-0.39, 0.29) is 32.0 Å². The minimum Gasteiger partial charge on any atom is -0.462 e. The number of ether oxygens (including phenoxy) is 2. The Morgan fingerprint density at radius 1 is 0.525 bits per heavy atom. The number of nitrogens with zero attached hydrogens (tertiary/aromatic N) is 1. The molecule has 0 saturated carbocycles. The summed E-state index contributed by atoms with van der Waals surface area (Å²) in [6.07, 6.45) is 47.7. The molecule has 0 heterocycles. The highest BCUT2D eigenvalue weighted by Crippen LogP contribution is 2.43. The number of unbranched alkanes of at least 4 members (excludes halogenated alkanes) is 24. The molecular formula is C49H93NO8P+. The van der Waals surface area contributed by atoms with E-state index in [2.05, 4.69) is 50.3 Å². The summed E-state index contributed by atoms with van der Waals surface area (Å²) in [7, 11) is 1.45. The number of hydrogen-bond acceptors (Lipinski definition) is 7. The van der Waals surface area contributed by atoms with Crippen LogP contribution in [-0.2, 0) is 32.7 Å². The van der Waals surface area contributed by atoms with E-state index in [1.807, 2.05) is 21.1 Å². The third kappa shape index (κ3) is 45.6. The second-order valence-corrected chi connectivity index (χ2v) is 19.0. The number of phosphoric ester groups is 1. The average molecular weight is 855 g/mol. The molecule has 0 bridgehead atoms. The summed E-state index contributed by atoms with van der Waals surface area (Å²) >= 11 is 0. The van der Waals surface area contributed by atoms with Crippen LogP contribution in [0.3, 0.4) is 0 Å². The predicted octanol–water partition coefficient (Wildman–Crippen LogP) is 14.1. The predicted molar refractivity (Wildman–Crippen MR) is 247 cm³/mol. The molecule has 0 aromatic carbocycles. The zero-order chi connectivity index (χ0) is 43.6. The van der Waals surface area contributed by atoms with Gasteiger partial charge in [-0.15, -0.1) is 0 Å². The first-order chi connectivity index (χ1) is 28.5. The maximum Gasteiger partial charge on any atom is 0.472 e. The molecule has 1 unspecified atom stereocenters. The van der Waals surface area contributed by atoms with E-state index in [4.69, 9.17) is 18.5 Å². The fraction of sp³-hybridized carbons (Fsp3) is 0.837. The Morgan fingerprint density at radius 2 is 0.932 bits per heavy atom. The molecule has 0 aromatic rings. The van der Waals surface area contributed by atoms with Gasteiger partial charge in [0.2, 0.25) is 0 Å². The van der Waals surface area contributed by atoms with E-state index in [9.17, 15) is 19.0 Å². The zero-order valence-corrected chi connectivity index (χ0v) is 39.9. The molecule has 0 saturated heterocycles. The molecule has 10 heteroatoms. The Bertz CT molecular complexity index is 1100. The van der Waals surface area contributed by atoms with Gasteiger partial charge in [-0.2, -0.15) is 0 Å². The average Bonchev–Trinajstić information content (AvgIpc) is 3.19. The highest BCUT2D eigenvalue weighted by atomic mass is 31.2. The number of rotatable bonds is 44. The number of quaternary nitrogens is 1. The van der Waals surface area contributed by atoms with Crippen molar-refractivity contribution in [3.63, 3.8) is 0 Å². The van der Waals surface area contributed by atoms with Gasteiger partial charge in [-0.25, -0.2) is 4.57 Å². The largest absolute Gasteiger partial charge is 0.472 e. The second-order valence-electron chi connectivity index (χ2n) is 17.5. The van der Waals surface area contributed by atoms with Crippen LogP contribution in [0.1, 0.15) is 213 Å². The summed E-state index contributed by atoms with van der Waals surface area (Å²) in [4.78, 5) is 35.4. The Labute approximate surface area is 363 Å². The van der Waals surface area contributed by atoms with Gasteiger partial charge in [-0.05, 0) is 44.9 Å². The second kappa shape index (κ2) is 41.6. The third-order valence-corrected chi connectivity index (χ3v) is 11.4. The Morgan fingerprint density at radius 3 is 1.41 bits per heavy atom. The van der Waals surface area contributed by atoms with Crippen LogP contribution >= 0.6 is 7.82 Å². The van der Waals surface area contributed by atoms with Gasteiger partial charge in [0.25, 0.3) is 0 Å². The normalized spacial score (nSPS) is 13.8. The van der Waals surface area contributed by atoms with Gasteiger partial charge >= 0.3 is 19.8 Å². The van der Waals surface area contributed by atoms with Crippen molar-refractivity contribution in [1.29, 1.82) is 0 Å². The first-order valence-electron chi connectivity index (χ1n) is 24.2. The fourth-order valence-corrected chi connectivity index (χ4v) is 7.36. The fourth-order valence-electron chi connectivity index (χ4n) is 6.62. The lowest BCUT2D eigenvalue weighted by atomic mass is 10.0. The number of likely N-dealkylation sites (N-methyl/N-ethyl adjacent to an activating group) is 1. The molecule has 0 aliphatic carbocycles. The molecule has 0 amide bonds. The van der Waals surface area contributed by atoms with Crippen molar-refractivity contribution in [3.05, 3.63) is 36.5 Å². The van der Waals surface area contributed by atoms with Crippen LogP contribution < -0.4 is 0 Å². The van der Waals surface area contributed by atoms with E-state index in [0.29, 0.717) is 17.4 Å². The molecule has 9 nitrogen and oxygen atoms in total. The molecule has 0 radical (unpaired) electrons. The quantitative estimate of drug-likeness (QED) is 0.0212. The Balaban J connectivity index is 4.35. The van der Waals surface area contributed by atoms with Gasteiger partial charge in [-0.3, -0.25) is 18.6 Å². The molecule has 59 heavy (non-hydrogen) atoms. The summed E-state index contributed by atoms with van der Waals surface area (Å²) in [6, 6.07) is 0. The molecule has 0 aliphatic heterocycles. The van der Waals surface area contributed by atoms with Gasteiger partial charge in [0, 0.05) is 12.8 Å². The van der Waals surface area contributed by atoms with E-state index in [1.54, 1.807) is 0 Å². The van der Waals surface area contributed by atoms with Crippen LogP contribution in [0.25, 0.3) is 0 Å². The van der Waals surface area contributed by atoms with Gasteiger partial charge in [0.05, 0.1) is 27.7 Å². The summed E-state index contributed by atoms with van der Waals surface area (Å²) < 4.78 is 34.3. The topological polar surface area (TPSA) is 108 Å². The molecular weight excluding hydrogens is 762 g/mol. The van der Waals surface area contributed by atoms with Gasteiger partial charge in [-0.1, -0.05) is 192 Å². The SMILES string of the molecule is CCCCCCCC/C=C/C/C=C/C/C=C/CCCC(=O)O[C@H](COC(=O)CCCCCCCCCCCCCCCCCCCC)COP(=O)(O)OCC[N+](C)(C)C. The molecule has 0 rings (SSSR count). The van der Waals surface area contributed by atoms with Crippen molar-refractivity contribution in [2.75, 3.05) is 47.5 Å². The number of carbonyl (C=O) groups excluding carboxylic acids is 2. The molecule has 0 spiro atoms. The lowest BCUT2D eigenvalue weighted by molar-refractivity contribution is -0.870. The first kappa shape index (κ1) is 57.2. The number of esters is 2. The number of phosphoric acid groups is 1. The summed E-state index contributed by atoms with van der Waals surface area (Å²) in [5, 5.41) is 0. The molecule has 346 valence electrons. The van der Waals surface area contributed by atoms with Crippen molar-refractivity contribution >= 4 is 19.8 Å². The van der Waals surface area contributed by atoms with Crippen LogP contribution in [0.15, 0.2) is 36.5 Å². The number of hydrogen-bond donors (Lipinski definition) is 1.